The first-order chi connectivity index (χ1) is 14.8. The molecule has 2 aromatic carbocycles. The van der Waals surface area contributed by atoms with E-state index in [1.165, 1.54) is 11.3 Å². The molecule has 2 aromatic heterocycles. The fourth-order valence-electron chi connectivity index (χ4n) is 3.03. The first-order valence-corrected chi connectivity index (χ1v) is 12.1. The number of methoxy groups -OCH3 is 1. The molecule has 0 amide bonds. The lowest BCUT2D eigenvalue weighted by atomic mass is 10.1. The van der Waals surface area contributed by atoms with Crippen molar-refractivity contribution in [3.63, 3.8) is 0 Å². The molecule has 0 fully saturated rings. The summed E-state index contributed by atoms with van der Waals surface area (Å²) in [6.45, 7) is 1.94. The van der Waals surface area contributed by atoms with E-state index in [-0.39, 0.29) is 12.4 Å². The number of nitrogens with one attached hydrogen (secondary N) is 2. The van der Waals surface area contributed by atoms with Crippen molar-refractivity contribution in [2.75, 3.05) is 23.4 Å². The lowest BCUT2D eigenvalue weighted by molar-refractivity contribution is 0.413. The van der Waals surface area contributed by atoms with Gasteiger partial charge in [0.05, 0.1) is 36.8 Å². The summed E-state index contributed by atoms with van der Waals surface area (Å²) >= 11 is 1.48. The Hall–Kier alpha value is -3.08. The summed E-state index contributed by atoms with van der Waals surface area (Å²) in [7, 11) is -1.66. The third kappa shape index (κ3) is 5.58. The van der Waals surface area contributed by atoms with Gasteiger partial charge < -0.3 is 14.6 Å². The van der Waals surface area contributed by atoms with Crippen molar-refractivity contribution in [1.82, 2.24) is 14.5 Å². The number of rotatable bonds is 7. The van der Waals surface area contributed by atoms with Crippen molar-refractivity contribution in [2.45, 2.75) is 6.92 Å². The van der Waals surface area contributed by atoms with Crippen LogP contribution in [0.3, 0.4) is 0 Å². The van der Waals surface area contributed by atoms with Crippen molar-refractivity contribution < 1.29 is 13.2 Å². The molecule has 168 valence electrons. The van der Waals surface area contributed by atoms with Gasteiger partial charge in [0.25, 0.3) is 0 Å². The summed E-state index contributed by atoms with van der Waals surface area (Å²) in [6.07, 6.45) is 4.82. The molecule has 0 unspecified atom stereocenters. The van der Waals surface area contributed by atoms with Gasteiger partial charge in [-0.25, -0.2) is 18.4 Å². The van der Waals surface area contributed by atoms with Gasteiger partial charge in [-0.2, -0.15) is 0 Å². The number of benzene rings is 2. The maximum atomic E-state index is 11.3. The largest absolute Gasteiger partial charge is 0.494 e. The Morgan fingerprint density at radius 2 is 1.81 bits per heavy atom. The molecule has 0 atom stereocenters. The third-order valence-electron chi connectivity index (χ3n) is 4.41. The monoisotopic (exact) mass is 491 g/mol. The average Bonchev–Trinajstić information content (AvgIpc) is 3.36. The number of aryl methyl sites for hydroxylation is 1. The van der Waals surface area contributed by atoms with Crippen LogP contribution in [0.15, 0.2) is 60.4 Å². The van der Waals surface area contributed by atoms with Gasteiger partial charge in [-0.1, -0.05) is 12.1 Å². The van der Waals surface area contributed by atoms with E-state index in [0.29, 0.717) is 11.4 Å². The molecule has 0 aliphatic rings. The number of imidazole rings is 1. The van der Waals surface area contributed by atoms with Crippen LogP contribution in [0.2, 0.25) is 0 Å². The molecule has 0 aliphatic carbocycles. The van der Waals surface area contributed by atoms with Crippen LogP contribution in [0.4, 0.5) is 16.5 Å². The quantitative estimate of drug-likeness (QED) is 0.383. The zero-order valence-corrected chi connectivity index (χ0v) is 20.0. The Labute approximate surface area is 196 Å². The summed E-state index contributed by atoms with van der Waals surface area (Å²) in [5, 5.41) is 5.99. The SMILES string of the molecule is COc1cc(Nc2nc(-c3ccc(NS(C)(=O)=O)cc3)cs2)ccc1-n1cnc(C)c1.Cl. The number of ether oxygens (including phenoxy) is 1. The van der Waals surface area contributed by atoms with Crippen LogP contribution >= 0.6 is 23.7 Å². The molecule has 2 N–H and O–H groups in total. The summed E-state index contributed by atoms with van der Waals surface area (Å²) in [5.74, 6) is 0.716. The highest BCUT2D eigenvalue weighted by Crippen LogP contribution is 2.31. The van der Waals surface area contributed by atoms with E-state index in [0.717, 1.165) is 39.7 Å². The maximum absolute atomic E-state index is 11.3. The Kier molecular flexibility index (Phi) is 7.07. The number of hydrogen-bond donors (Lipinski definition) is 2. The second kappa shape index (κ2) is 9.60. The molecule has 32 heavy (non-hydrogen) atoms. The first kappa shape index (κ1) is 23.6. The van der Waals surface area contributed by atoms with Gasteiger partial charge in [0, 0.05) is 34.6 Å². The molecule has 0 bridgehead atoms. The second-order valence-corrected chi connectivity index (χ2v) is 9.53. The fraction of sp³-hybridized carbons (Fsp3) is 0.143. The van der Waals surface area contributed by atoms with Crippen LogP contribution in [-0.2, 0) is 10.0 Å². The minimum absolute atomic E-state index is 0. The van der Waals surface area contributed by atoms with Crippen LogP contribution in [0.25, 0.3) is 16.9 Å². The van der Waals surface area contributed by atoms with E-state index in [9.17, 15) is 8.42 Å². The minimum atomic E-state index is -3.30. The lowest BCUT2D eigenvalue weighted by Crippen LogP contribution is -2.09. The average molecular weight is 492 g/mol. The Morgan fingerprint density at radius 3 is 2.44 bits per heavy atom. The van der Waals surface area contributed by atoms with Crippen molar-refractivity contribution in [3.05, 3.63) is 66.1 Å². The van der Waals surface area contributed by atoms with Crippen LogP contribution in [0.1, 0.15) is 5.69 Å². The van der Waals surface area contributed by atoms with Crippen LogP contribution < -0.4 is 14.8 Å². The molecule has 8 nitrogen and oxygen atoms in total. The summed E-state index contributed by atoms with van der Waals surface area (Å²) < 4.78 is 32.6. The number of halogens is 1. The second-order valence-electron chi connectivity index (χ2n) is 6.92. The molecule has 0 saturated carbocycles. The number of hydrogen-bond acceptors (Lipinski definition) is 7. The third-order valence-corrected chi connectivity index (χ3v) is 5.77. The van der Waals surface area contributed by atoms with Crippen LogP contribution in [0.5, 0.6) is 5.75 Å². The molecule has 0 saturated heterocycles. The molecule has 0 radical (unpaired) electrons. The van der Waals surface area contributed by atoms with E-state index in [2.05, 4.69) is 20.0 Å². The molecule has 11 heteroatoms. The lowest BCUT2D eigenvalue weighted by Gasteiger charge is -2.11. The van der Waals surface area contributed by atoms with Gasteiger partial charge >= 0.3 is 0 Å². The highest BCUT2D eigenvalue weighted by Gasteiger charge is 2.10. The Morgan fingerprint density at radius 1 is 1.09 bits per heavy atom. The van der Waals surface area contributed by atoms with Crippen molar-refractivity contribution >= 4 is 50.3 Å². The Bertz CT molecular complexity index is 1320. The van der Waals surface area contributed by atoms with Crippen molar-refractivity contribution in [2.24, 2.45) is 0 Å². The predicted molar refractivity (Wildman–Crippen MR) is 131 cm³/mol. The maximum Gasteiger partial charge on any atom is 0.229 e. The van der Waals surface area contributed by atoms with E-state index in [4.69, 9.17) is 4.74 Å². The highest BCUT2D eigenvalue weighted by molar-refractivity contribution is 7.92. The smallest absolute Gasteiger partial charge is 0.229 e. The zero-order chi connectivity index (χ0) is 22.0. The summed E-state index contributed by atoms with van der Waals surface area (Å²) in [5.41, 5.74) is 4.89. The van der Waals surface area contributed by atoms with Gasteiger partial charge in [0.1, 0.15) is 5.75 Å². The number of anilines is 3. The van der Waals surface area contributed by atoms with Crippen molar-refractivity contribution in [1.29, 1.82) is 0 Å². The fourth-order valence-corrected chi connectivity index (χ4v) is 4.34. The molecule has 2 heterocycles. The van der Waals surface area contributed by atoms with E-state index in [1.807, 2.05) is 53.4 Å². The molecule has 0 aliphatic heterocycles. The normalized spacial score (nSPS) is 11.0. The van der Waals surface area contributed by atoms with Gasteiger partial charge in [-0.3, -0.25) is 4.72 Å². The van der Waals surface area contributed by atoms with E-state index < -0.39 is 10.0 Å². The van der Waals surface area contributed by atoms with Gasteiger partial charge in [0.15, 0.2) is 5.13 Å². The number of thiazole rings is 1. The van der Waals surface area contributed by atoms with Crippen molar-refractivity contribution in [3.8, 4) is 22.7 Å². The van der Waals surface area contributed by atoms with Gasteiger partial charge in [0.2, 0.25) is 10.0 Å². The predicted octanol–water partition coefficient (Wildman–Crippen LogP) is 4.85. The molecule has 4 aromatic rings. The first-order valence-electron chi connectivity index (χ1n) is 9.30. The number of nitrogens with zero attached hydrogens (tertiary/aromatic N) is 3. The highest BCUT2D eigenvalue weighted by atomic mass is 35.5. The zero-order valence-electron chi connectivity index (χ0n) is 17.6. The van der Waals surface area contributed by atoms with E-state index >= 15 is 0 Å². The summed E-state index contributed by atoms with van der Waals surface area (Å²) in [6, 6.07) is 12.9. The van der Waals surface area contributed by atoms with Crippen LogP contribution in [0, 0.1) is 6.92 Å². The van der Waals surface area contributed by atoms with E-state index in [1.54, 1.807) is 25.6 Å². The molecular formula is C21H22ClN5O3S2. The molecular weight excluding hydrogens is 470 g/mol. The molecule has 0 spiro atoms. The van der Waals surface area contributed by atoms with Gasteiger partial charge in [-0.05, 0) is 31.2 Å². The van der Waals surface area contributed by atoms with Gasteiger partial charge in [-0.15, -0.1) is 23.7 Å². The standard InChI is InChI=1S/C21H21N5O3S2.ClH/c1-14-11-26(13-22-14)19-9-8-17(10-20(19)29-2)23-21-24-18(12-30-21)15-4-6-16(7-5-15)25-31(3,27)28;/h4-13,25H,1-3H3,(H,23,24);1H. The minimum Gasteiger partial charge on any atom is -0.494 e. The number of aromatic nitrogens is 3. The Balaban J connectivity index is 0.00000289. The van der Waals surface area contributed by atoms with Crippen LogP contribution in [-0.4, -0.2) is 36.3 Å². The topological polar surface area (TPSA) is 98.1 Å². The number of sulfonamides is 1. The molecule has 4 rings (SSSR count). The summed E-state index contributed by atoms with van der Waals surface area (Å²) in [4.78, 5) is 8.89.